The van der Waals surface area contributed by atoms with E-state index in [0.717, 1.165) is 22.3 Å². The van der Waals surface area contributed by atoms with E-state index in [1.807, 2.05) is 50.2 Å². The van der Waals surface area contributed by atoms with Gasteiger partial charge in [-0.05, 0) is 47.9 Å². The number of fused-ring (bicyclic) bond motifs is 3. The van der Waals surface area contributed by atoms with Crippen LogP contribution in [0.15, 0.2) is 48.5 Å². The van der Waals surface area contributed by atoms with Crippen molar-refractivity contribution in [3.05, 3.63) is 59.7 Å². The summed E-state index contributed by atoms with van der Waals surface area (Å²) in [6.07, 6.45) is 0.994. The van der Waals surface area contributed by atoms with Crippen LogP contribution in [0.5, 0.6) is 0 Å². The minimum Gasteiger partial charge on any atom is -0.480 e. The second-order valence-corrected chi connectivity index (χ2v) is 9.51. The summed E-state index contributed by atoms with van der Waals surface area (Å²) in [5, 5.41) is 12.5. The van der Waals surface area contributed by atoms with Crippen LogP contribution in [-0.4, -0.2) is 52.7 Å². The molecule has 7 nitrogen and oxygen atoms in total. The number of nitrogens with zero attached hydrogens (tertiary/aromatic N) is 1. The number of carboxylic acids is 1. The van der Waals surface area contributed by atoms with Crippen molar-refractivity contribution in [3.8, 4) is 11.1 Å². The first-order chi connectivity index (χ1) is 16.3. The number of carbonyl (C=O) groups excluding carboxylic acids is 2. The standard InChI is InChI=1S/C27H32N2O5/c1-4-17(2)23(24(30)29-15-9-14-27(29,3)25(31)32)28-26(33)34-16-22-20-12-7-5-10-18(20)19-11-6-8-13-21(19)22/h5-8,10-13,17,22-23H,4,9,14-16H2,1-3H3,(H,28,33)(H,31,32). The molecular weight excluding hydrogens is 432 g/mol. The number of likely N-dealkylation sites (tertiary alicyclic amines) is 1. The van der Waals surface area contributed by atoms with Gasteiger partial charge in [0.15, 0.2) is 0 Å². The molecule has 7 heteroatoms. The van der Waals surface area contributed by atoms with Crippen molar-refractivity contribution in [2.75, 3.05) is 13.2 Å². The molecule has 1 saturated heterocycles. The summed E-state index contributed by atoms with van der Waals surface area (Å²) in [6.45, 7) is 5.89. The van der Waals surface area contributed by atoms with Crippen LogP contribution in [0.2, 0.25) is 0 Å². The average Bonchev–Trinajstić information content (AvgIpc) is 3.39. The van der Waals surface area contributed by atoms with Crippen LogP contribution in [0.25, 0.3) is 11.1 Å². The molecule has 1 heterocycles. The molecule has 1 aliphatic heterocycles. The molecule has 1 fully saturated rings. The average molecular weight is 465 g/mol. The minimum absolute atomic E-state index is 0.0789. The van der Waals surface area contributed by atoms with E-state index in [2.05, 4.69) is 17.4 Å². The second-order valence-electron chi connectivity index (χ2n) is 9.51. The first kappa shape index (κ1) is 23.8. The van der Waals surface area contributed by atoms with E-state index in [0.29, 0.717) is 25.8 Å². The zero-order chi connectivity index (χ0) is 24.5. The smallest absolute Gasteiger partial charge is 0.407 e. The van der Waals surface area contributed by atoms with Gasteiger partial charge >= 0.3 is 12.1 Å². The molecule has 1 aliphatic carbocycles. The Morgan fingerprint density at radius 2 is 1.71 bits per heavy atom. The van der Waals surface area contributed by atoms with Gasteiger partial charge in [-0.1, -0.05) is 68.8 Å². The predicted octanol–water partition coefficient (Wildman–Crippen LogP) is 4.41. The van der Waals surface area contributed by atoms with E-state index in [4.69, 9.17) is 4.74 Å². The first-order valence-corrected chi connectivity index (χ1v) is 11.9. The van der Waals surface area contributed by atoms with Gasteiger partial charge in [-0.15, -0.1) is 0 Å². The van der Waals surface area contributed by atoms with Crippen molar-refractivity contribution in [1.82, 2.24) is 10.2 Å². The number of aliphatic carboxylic acids is 1. The van der Waals surface area contributed by atoms with E-state index in [1.165, 1.54) is 4.90 Å². The highest BCUT2D eigenvalue weighted by Crippen LogP contribution is 2.44. The molecule has 180 valence electrons. The lowest BCUT2D eigenvalue weighted by atomic mass is 9.94. The summed E-state index contributed by atoms with van der Waals surface area (Å²) < 4.78 is 5.64. The lowest BCUT2D eigenvalue weighted by Crippen LogP contribution is -2.58. The zero-order valence-electron chi connectivity index (χ0n) is 19.9. The number of nitrogens with one attached hydrogen (secondary N) is 1. The maximum atomic E-state index is 13.4. The molecule has 0 aromatic heterocycles. The van der Waals surface area contributed by atoms with Gasteiger partial charge in [0.1, 0.15) is 18.2 Å². The monoisotopic (exact) mass is 464 g/mol. The van der Waals surface area contributed by atoms with Gasteiger partial charge < -0.3 is 20.1 Å². The molecule has 2 aromatic rings. The van der Waals surface area contributed by atoms with Crippen LogP contribution < -0.4 is 5.32 Å². The van der Waals surface area contributed by atoms with Crippen LogP contribution >= 0.6 is 0 Å². The van der Waals surface area contributed by atoms with Crippen molar-refractivity contribution in [1.29, 1.82) is 0 Å². The fourth-order valence-corrected chi connectivity index (χ4v) is 5.16. The topological polar surface area (TPSA) is 95.9 Å². The first-order valence-electron chi connectivity index (χ1n) is 11.9. The van der Waals surface area contributed by atoms with Gasteiger partial charge in [0, 0.05) is 12.5 Å². The minimum atomic E-state index is -1.26. The van der Waals surface area contributed by atoms with Gasteiger partial charge in [-0.2, -0.15) is 0 Å². The number of hydrogen-bond donors (Lipinski definition) is 2. The molecule has 2 aliphatic rings. The summed E-state index contributed by atoms with van der Waals surface area (Å²) in [5.41, 5.74) is 3.25. The Balaban J connectivity index is 1.47. The number of amides is 2. The zero-order valence-corrected chi connectivity index (χ0v) is 19.9. The van der Waals surface area contributed by atoms with Crippen molar-refractivity contribution < 1.29 is 24.2 Å². The predicted molar refractivity (Wildman–Crippen MR) is 128 cm³/mol. The van der Waals surface area contributed by atoms with E-state index < -0.39 is 23.6 Å². The van der Waals surface area contributed by atoms with Gasteiger partial charge in [0.25, 0.3) is 0 Å². The fraction of sp³-hybridized carbons (Fsp3) is 0.444. The number of carbonyl (C=O) groups is 3. The van der Waals surface area contributed by atoms with Crippen LogP contribution in [-0.2, 0) is 14.3 Å². The molecule has 0 bridgehead atoms. The third kappa shape index (κ3) is 4.15. The van der Waals surface area contributed by atoms with Gasteiger partial charge in [-0.3, -0.25) is 4.79 Å². The Hall–Kier alpha value is -3.35. The van der Waals surface area contributed by atoms with Crippen molar-refractivity contribution >= 4 is 18.0 Å². The Morgan fingerprint density at radius 3 is 2.26 bits per heavy atom. The lowest BCUT2D eigenvalue weighted by Gasteiger charge is -2.35. The Bertz CT molecular complexity index is 1050. The molecule has 4 rings (SSSR count). The third-order valence-corrected chi connectivity index (χ3v) is 7.46. The Kier molecular flexibility index (Phi) is 6.64. The largest absolute Gasteiger partial charge is 0.480 e. The van der Waals surface area contributed by atoms with E-state index in [9.17, 15) is 19.5 Å². The number of hydrogen-bond acceptors (Lipinski definition) is 4. The number of carboxylic acid groups (broad SMARTS) is 1. The number of alkyl carbamates (subject to hydrolysis) is 1. The highest BCUT2D eigenvalue weighted by molar-refractivity contribution is 5.92. The van der Waals surface area contributed by atoms with Crippen molar-refractivity contribution in [3.63, 3.8) is 0 Å². The normalized spacial score (nSPS) is 20.9. The maximum Gasteiger partial charge on any atom is 0.407 e. The summed E-state index contributed by atoms with van der Waals surface area (Å²) in [4.78, 5) is 39.5. The van der Waals surface area contributed by atoms with Crippen molar-refractivity contribution in [2.45, 2.75) is 57.5 Å². The van der Waals surface area contributed by atoms with Crippen LogP contribution in [0.3, 0.4) is 0 Å². The number of benzene rings is 2. The van der Waals surface area contributed by atoms with Gasteiger partial charge in [0.05, 0.1) is 0 Å². The molecule has 34 heavy (non-hydrogen) atoms. The summed E-state index contributed by atoms with van der Waals surface area (Å²) >= 11 is 0. The van der Waals surface area contributed by atoms with Gasteiger partial charge in [0.2, 0.25) is 5.91 Å². The molecule has 2 aromatic carbocycles. The molecule has 3 unspecified atom stereocenters. The highest BCUT2D eigenvalue weighted by Gasteiger charge is 2.48. The summed E-state index contributed by atoms with van der Waals surface area (Å²) in [5.74, 6) is -1.65. The number of ether oxygens (including phenoxy) is 1. The lowest BCUT2D eigenvalue weighted by molar-refractivity contribution is -0.156. The molecule has 3 atom stereocenters. The van der Waals surface area contributed by atoms with Crippen LogP contribution in [0.1, 0.15) is 57.1 Å². The summed E-state index contributed by atoms with van der Waals surface area (Å²) in [7, 11) is 0. The van der Waals surface area contributed by atoms with Crippen molar-refractivity contribution in [2.24, 2.45) is 5.92 Å². The Labute approximate surface area is 200 Å². The Morgan fingerprint density at radius 1 is 1.12 bits per heavy atom. The number of rotatable bonds is 7. The summed E-state index contributed by atoms with van der Waals surface area (Å²) in [6, 6.07) is 15.3. The van der Waals surface area contributed by atoms with E-state index in [1.54, 1.807) is 6.92 Å². The molecule has 0 radical (unpaired) electrons. The fourth-order valence-electron chi connectivity index (χ4n) is 5.16. The molecule has 0 saturated carbocycles. The second kappa shape index (κ2) is 9.49. The van der Waals surface area contributed by atoms with Crippen LogP contribution in [0, 0.1) is 5.92 Å². The maximum absolute atomic E-state index is 13.4. The van der Waals surface area contributed by atoms with E-state index >= 15 is 0 Å². The quantitative estimate of drug-likeness (QED) is 0.633. The third-order valence-electron chi connectivity index (χ3n) is 7.46. The SMILES string of the molecule is CCC(C)C(NC(=O)OCC1c2ccccc2-c2ccccc21)C(=O)N1CCCC1(C)C(=O)O. The van der Waals surface area contributed by atoms with E-state index in [-0.39, 0.29) is 24.3 Å². The van der Waals surface area contributed by atoms with Crippen LogP contribution in [0.4, 0.5) is 4.79 Å². The molecule has 0 spiro atoms. The molecular formula is C27H32N2O5. The molecule has 2 N–H and O–H groups in total. The highest BCUT2D eigenvalue weighted by atomic mass is 16.5. The van der Waals surface area contributed by atoms with Gasteiger partial charge in [-0.25, -0.2) is 9.59 Å². The molecule has 2 amide bonds.